The summed E-state index contributed by atoms with van der Waals surface area (Å²) in [5.74, 6) is 1.72. The minimum atomic E-state index is 0.463. The zero-order valence-electron chi connectivity index (χ0n) is 11.5. The first-order valence-corrected chi connectivity index (χ1v) is 7.77. The van der Waals surface area contributed by atoms with Gasteiger partial charge in [0.25, 0.3) is 0 Å². The van der Waals surface area contributed by atoms with E-state index < -0.39 is 0 Å². The van der Waals surface area contributed by atoms with Crippen molar-refractivity contribution in [3.8, 4) is 0 Å². The number of nitrogens with zero attached hydrogens (tertiary/aromatic N) is 1. The van der Waals surface area contributed by atoms with E-state index in [2.05, 4.69) is 11.8 Å². The fraction of sp³-hybridized carbons (Fsp3) is 1.00. The van der Waals surface area contributed by atoms with E-state index in [1.807, 2.05) is 0 Å². The van der Waals surface area contributed by atoms with Crippen molar-refractivity contribution < 1.29 is 0 Å². The van der Waals surface area contributed by atoms with Gasteiger partial charge in [0.15, 0.2) is 0 Å². The number of hydrogen-bond acceptors (Lipinski definition) is 2. The van der Waals surface area contributed by atoms with E-state index in [-0.39, 0.29) is 0 Å². The van der Waals surface area contributed by atoms with Crippen LogP contribution in [-0.4, -0.2) is 30.6 Å². The van der Waals surface area contributed by atoms with E-state index in [0.29, 0.717) is 6.04 Å². The van der Waals surface area contributed by atoms with Gasteiger partial charge in [0.1, 0.15) is 0 Å². The van der Waals surface area contributed by atoms with Crippen LogP contribution >= 0.6 is 0 Å². The van der Waals surface area contributed by atoms with Crippen molar-refractivity contribution in [3.05, 3.63) is 0 Å². The summed E-state index contributed by atoms with van der Waals surface area (Å²) >= 11 is 0. The second-order valence-corrected chi connectivity index (χ2v) is 6.24. The van der Waals surface area contributed by atoms with Gasteiger partial charge >= 0.3 is 0 Å². The zero-order valence-corrected chi connectivity index (χ0v) is 11.5. The van der Waals surface area contributed by atoms with Crippen LogP contribution in [0.4, 0.5) is 0 Å². The maximum absolute atomic E-state index is 6.18. The quantitative estimate of drug-likeness (QED) is 0.766. The summed E-state index contributed by atoms with van der Waals surface area (Å²) in [6, 6.07) is 0.463. The van der Waals surface area contributed by atoms with Crippen LogP contribution in [-0.2, 0) is 0 Å². The normalized spacial score (nSPS) is 33.5. The van der Waals surface area contributed by atoms with Crippen LogP contribution in [0.5, 0.6) is 0 Å². The van der Waals surface area contributed by atoms with Gasteiger partial charge in [0.05, 0.1) is 0 Å². The molecule has 2 aliphatic rings. The summed E-state index contributed by atoms with van der Waals surface area (Å²) in [6.45, 7) is 6.14. The van der Waals surface area contributed by atoms with Gasteiger partial charge in [-0.05, 0) is 37.6 Å². The van der Waals surface area contributed by atoms with E-state index in [4.69, 9.17) is 5.73 Å². The van der Waals surface area contributed by atoms with Gasteiger partial charge in [-0.1, -0.05) is 39.0 Å². The molecule has 2 heteroatoms. The molecule has 1 heterocycles. The van der Waals surface area contributed by atoms with Crippen molar-refractivity contribution in [2.75, 3.05) is 19.6 Å². The Labute approximate surface area is 107 Å². The molecule has 2 atom stereocenters. The lowest BCUT2D eigenvalue weighted by molar-refractivity contribution is 0.128. The average Bonchev–Trinajstić information content (AvgIpc) is 2.60. The predicted molar refractivity (Wildman–Crippen MR) is 74.0 cm³/mol. The molecule has 0 aromatic carbocycles. The highest BCUT2D eigenvalue weighted by molar-refractivity contribution is 4.83. The Hall–Kier alpha value is -0.0800. The topological polar surface area (TPSA) is 29.3 Å². The second kappa shape index (κ2) is 6.75. The Bertz CT molecular complexity index is 209. The van der Waals surface area contributed by atoms with Crippen molar-refractivity contribution >= 4 is 0 Å². The molecule has 0 amide bonds. The Kier molecular flexibility index (Phi) is 5.30. The highest BCUT2D eigenvalue weighted by Gasteiger charge is 2.26. The number of likely N-dealkylation sites (tertiary alicyclic amines) is 1. The van der Waals surface area contributed by atoms with Gasteiger partial charge in [-0.2, -0.15) is 0 Å². The number of rotatable bonds is 3. The first-order chi connectivity index (χ1) is 8.29. The molecule has 2 rings (SSSR count). The van der Waals surface area contributed by atoms with Crippen molar-refractivity contribution in [2.45, 2.75) is 64.3 Å². The predicted octanol–water partition coefficient (Wildman–Crippen LogP) is 3.02. The molecule has 0 aromatic heterocycles. The fourth-order valence-electron chi connectivity index (χ4n) is 3.63. The summed E-state index contributed by atoms with van der Waals surface area (Å²) in [5.41, 5.74) is 6.18. The highest BCUT2D eigenvalue weighted by atomic mass is 15.1. The molecule has 2 unspecified atom stereocenters. The van der Waals surface area contributed by atoms with Crippen LogP contribution in [0, 0.1) is 11.8 Å². The maximum Gasteiger partial charge on any atom is 0.00914 e. The third kappa shape index (κ3) is 3.96. The molecular formula is C15H30N2. The van der Waals surface area contributed by atoms with Crippen LogP contribution in [0.3, 0.4) is 0 Å². The Balaban J connectivity index is 1.78. The monoisotopic (exact) mass is 238 g/mol. The Morgan fingerprint density at radius 1 is 1.06 bits per heavy atom. The Morgan fingerprint density at radius 3 is 2.41 bits per heavy atom. The molecule has 1 saturated heterocycles. The van der Waals surface area contributed by atoms with Crippen LogP contribution in [0.15, 0.2) is 0 Å². The van der Waals surface area contributed by atoms with Gasteiger partial charge < -0.3 is 10.6 Å². The number of nitrogens with two attached hydrogens (primary N) is 1. The summed E-state index contributed by atoms with van der Waals surface area (Å²) in [6.07, 6.45) is 11.3. The first kappa shape index (κ1) is 13.4. The smallest absolute Gasteiger partial charge is 0.00914 e. The second-order valence-electron chi connectivity index (χ2n) is 6.24. The standard InChI is InChI=1S/C15H30N2/c1-2-14-12-17(10-9-15(14)16)11-13-7-5-3-4-6-8-13/h13-15H,2-12,16H2,1H3. The van der Waals surface area contributed by atoms with Crippen molar-refractivity contribution in [3.63, 3.8) is 0 Å². The molecule has 1 saturated carbocycles. The Morgan fingerprint density at radius 2 is 1.76 bits per heavy atom. The van der Waals surface area contributed by atoms with Crippen molar-refractivity contribution in [1.82, 2.24) is 4.90 Å². The molecular weight excluding hydrogens is 208 g/mol. The minimum absolute atomic E-state index is 0.463. The van der Waals surface area contributed by atoms with Crippen LogP contribution < -0.4 is 5.73 Å². The van der Waals surface area contributed by atoms with E-state index in [1.165, 1.54) is 71.0 Å². The first-order valence-electron chi connectivity index (χ1n) is 7.77. The molecule has 2 N–H and O–H groups in total. The largest absolute Gasteiger partial charge is 0.327 e. The maximum atomic E-state index is 6.18. The molecule has 1 aliphatic carbocycles. The lowest BCUT2D eigenvalue weighted by atomic mass is 9.89. The molecule has 0 aromatic rings. The van der Waals surface area contributed by atoms with Gasteiger partial charge in [-0.15, -0.1) is 0 Å². The lowest BCUT2D eigenvalue weighted by Crippen LogP contribution is -2.48. The zero-order chi connectivity index (χ0) is 12.1. The van der Waals surface area contributed by atoms with Gasteiger partial charge in [-0.25, -0.2) is 0 Å². The highest BCUT2D eigenvalue weighted by Crippen LogP contribution is 2.26. The fourth-order valence-corrected chi connectivity index (χ4v) is 3.63. The summed E-state index contributed by atoms with van der Waals surface area (Å²) in [7, 11) is 0. The summed E-state index contributed by atoms with van der Waals surface area (Å²) in [5, 5.41) is 0. The van der Waals surface area contributed by atoms with Crippen molar-refractivity contribution in [2.24, 2.45) is 17.6 Å². The third-order valence-electron chi connectivity index (χ3n) is 4.89. The van der Waals surface area contributed by atoms with E-state index >= 15 is 0 Å². The number of piperidine rings is 1. The molecule has 0 spiro atoms. The van der Waals surface area contributed by atoms with E-state index in [0.717, 1.165) is 11.8 Å². The molecule has 0 bridgehead atoms. The lowest BCUT2D eigenvalue weighted by Gasteiger charge is -2.38. The molecule has 17 heavy (non-hydrogen) atoms. The SMILES string of the molecule is CCC1CN(CC2CCCCCC2)CCC1N. The van der Waals surface area contributed by atoms with Crippen molar-refractivity contribution in [1.29, 1.82) is 0 Å². The van der Waals surface area contributed by atoms with Crippen LogP contribution in [0.1, 0.15) is 58.3 Å². The van der Waals surface area contributed by atoms with E-state index in [1.54, 1.807) is 0 Å². The molecule has 1 aliphatic heterocycles. The molecule has 2 nitrogen and oxygen atoms in total. The number of hydrogen-bond donors (Lipinski definition) is 1. The molecule has 2 fully saturated rings. The summed E-state index contributed by atoms with van der Waals surface area (Å²) < 4.78 is 0. The van der Waals surface area contributed by atoms with Crippen LogP contribution in [0.2, 0.25) is 0 Å². The molecule has 0 radical (unpaired) electrons. The van der Waals surface area contributed by atoms with Crippen LogP contribution in [0.25, 0.3) is 0 Å². The van der Waals surface area contributed by atoms with Gasteiger partial charge in [0, 0.05) is 19.1 Å². The third-order valence-corrected chi connectivity index (χ3v) is 4.89. The van der Waals surface area contributed by atoms with E-state index in [9.17, 15) is 0 Å². The molecule has 100 valence electrons. The van der Waals surface area contributed by atoms with Gasteiger partial charge in [0.2, 0.25) is 0 Å². The average molecular weight is 238 g/mol. The summed E-state index contributed by atoms with van der Waals surface area (Å²) in [4.78, 5) is 2.70. The minimum Gasteiger partial charge on any atom is -0.327 e. The van der Waals surface area contributed by atoms with Gasteiger partial charge in [-0.3, -0.25) is 0 Å².